The maximum Gasteiger partial charge on any atom is 0.271 e. The minimum atomic E-state index is -4.10. The van der Waals surface area contributed by atoms with Crippen molar-refractivity contribution >= 4 is 27.7 Å². The number of nitrogens with zero attached hydrogens (tertiary/aromatic N) is 1. The molecule has 0 atom stereocenters. The molecule has 3 rings (SSSR count). The molecular weight excluding hydrogens is 422 g/mol. The lowest BCUT2D eigenvalue weighted by Gasteiger charge is -2.21. The van der Waals surface area contributed by atoms with E-state index in [1.165, 1.54) is 18.2 Å². The van der Waals surface area contributed by atoms with E-state index in [2.05, 4.69) is 0 Å². The average molecular weight is 450 g/mol. The van der Waals surface area contributed by atoms with Crippen molar-refractivity contribution in [1.29, 1.82) is 0 Å². The fraction of sp³-hybridized carbons (Fsp3) is 0.192. The van der Waals surface area contributed by atoms with Crippen LogP contribution in [0.2, 0.25) is 0 Å². The Morgan fingerprint density at radius 3 is 2.22 bits per heavy atom. The highest BCUT2D eigenvalue weighted by atomic mass is 32.2. The number of anilines is 1. The van der Waals surface area contributed by atoms with Crippen LogP contribution in [0.3, 0.4) is 0 Å². The number of carbonyl (C=O) groups excluding carboxylic acids is 1. The van der Waals surface area contributed by atoms with Gasteiger partial charge in [-0.2, -0.15) is 4.31 Å². The zero-order valence-corrected chi connectivity index (χ0v) is 19.1. The fourth-order valence-electron chi connectivity index (χ4n) is 3.14. The van der Waals surface area contributed by atoms with Gasteiger partial charge in [-0.05, 0) is 54.8 Å². The van der Waals surface area contributed by atoms with Gasteiger partial charge < -0.3 is 4.74 Å². The Labute approximate surface area is 190 Å². The number of benzene rings is 3. The first-order valence-corrected chi connectivity index (χ1v) is 12.0. The zero-order valence-electron chi connectivity index (χ0n) is 18.3. The molecule has 6 heteroatoms. The van der Waals surface area contributed by atoms with Crippen molar-refractivity contribution < 1.29 is 17.9 Å². The number of amides is 1. The lowest BCUT2D eigenvalue weighted by Crippen LogP contribution is -2.35. The van der Waals surface area contributed by atoms with Crippen molar-refractivity contribution in [3.8, 4) is 5.75 Å². The number of ether oxygens (including phenoxy) is 1. The molecule has 5 nitrogen and oxygen atoms in total. The second kappa shape index (κ2) is 10.8. The highest BCUT2D eigenvalue weighted by Gasteiger charge is 2.29. The van der Waals surface area contributed by atoms with E-state index in [-0.39, 0.29) is 10.6 Å². The third kappa shape index (κ3) is 5.45. The summed E-state index contributed by atoms with van der Waals surface area (Å²) >= 11 is 0. The third-order valence-corrected chi connectivity index (χ3v) is 6.59. The number of aryl methyl sites for hydroxylation is 1. The van der Waals surface area contributed by atoms with E-state index in [4.69, 9.17) is 4.74 Å². The Kier molecular flexibility index (Phi) is 7.84. The summed E-state index contributed by atoms with van der Waals surface area (Å²) in [5, 5.41) is 0. The summed E-state index contributed by atoms with van der Waals surface area (Å²) in [5.74, 6) is -0.0217. The molecule has 1 amide bonds. The molecule has 0 heterocycles. The molecule has 0 aromatic heterocycles. The van der Waals surface area contributed by atoms with Crippen LogP contribution in [0.5, 0.6) is 5.75 Å². The van der Waals surface area contributed by atoms with Crippen LogP contribution in [0.1, 0.15) is 31.4 Å². The Morgan fingerprint density at radius 1 is 0.906 bits per heavy atom. The lowest BCUT2D eigenvalue weighted by atomic mass is 10.1. The molecule has 0 saturated heterocycles. The van der Waals surface area contributed by atoms with Gasteiger partial charge >= 0.3 is 0 Å². The highest BCUT2D eigenvalue weighted by Crippen LogP contribution is 2.26. The van der Waals surface area contributed by atoms with Crippen LogP contribution in [0.25, 0.3) is 6.08 Å². The largest absolute Gasteiger partial charge is 0.493 e. The third-order valence-electron chi connectivity index (χ3n) is 4.85. The van der Waals surface area contributed by atoms with Crippen LogP contribution in [0.15, 0.2) is 89.8 Å². The molecule has 3 aromatic rings. The smallest absolute Gasteiger partial charge is 0.271 e. The van der Waals surface area contributed by atoms with Gasteiger partial charge in [0.15, 0.2) is 0 Å². The summed E-state index contributed by atoms with van der Waals surface area (Å²) in [6.45, 7) is 4.58. The molecule has 166 valence electrons. The van der Waals surface area contributed by atoms with E-state index in [0.29, 0.717) is 17.9 Å². The van der Waals surface area contributed by atoms with E-state index in [9.17, 15) is 13.2 Å². The van der Waals surface area contributed by atoms with E-state index >= 15 is 0 Å². The molecular formula is C26H27NO4S. The van der Waals surface area contributed by atoms with Crippen molar-refractivity contribution in [3.63, 3.8) is 0 Å². The minimum absolute atomic E-state index is 0.0491. The zero-order chi connectivity index (χ0) is 23.0. The average Bonchev–Trinajstić information content (AvgIpc) is 2.83. The number of sulfonamides is 1. The van der Waals surface area contributed by atoms with Gasteiger partial charge in [0.25, 0.3) is 15.9 Å². The molecule has 3 aromatic carbocycles. The Balaban J connectivity index is 2.00. The molecule has 0 N–H and O–H groups in total. The van der Waals surface area contributed by atoms with Gasteiger partial charge in [-0.25, -0.2) is 8.42 Å². The second-order valence-electron chi connectivity index (χ2n) is 7.16. The van der Waals surface area contributed by atoms with Crippen LogP contribution in [-0.4, -0.2) is 20.9 Å². The normalized spacial score (nSPS) is 11.4. The Bertz CT molecular complexity index is 1170. The van der Waals surface area contributed by atoms with Gasteiger partial charge in [-0.15, -0.1) is 0 Å². The fourth-order valence-corrected chi connectivity index (χ4v) is 4.55. The number of hydrogen-bond acceptors (Lipinski definition) is 4. The first-order valence-electron chi connectivity index (χ1n) is 10.6. The highest BCUT2D eigenvalue weighted by molar-refractivity contribution is 7.93. The van der Waals surface area contributed by atoms with E-state index < -0.39 is 15.9 Å². The predicted molar refractivity (Wildman–Crippen MR) is 128 cm³/mol. The number of carbonyl (C=O) groups is 1. The first kappa shape index (κ1) is 23.3. The molecule has 0 radical (unpaired) electrons. The summed E-state index contributed by atoms with van der Waals surface area (Å²) in [4.78, 5) is 13.3. The molecule has 32 heavy (non-hydrogen) atoms. The monoisotopic (exact) mass is 449 g/mol. The molecule has 0 aliphatic heterocycles. The molecule has 0 saturated carbocycles. The summed E-state index contributed by atoms with van der Waals surface area (Å²) in [6, 6.07) is 22.3. The molecule has 0 aliphatic rings. The maximum atomic E-state index is 13.4. The summed E-state index contributed by atoms with van der Waals surface area (Å²) in [7, 11) is -4.10. The van der Waals surface area contributed by atoms with Crippen molar-refractivity contribution in [2.75, 3.05) is 10.9 Å². The van der Waals surface area contributed by atoms with Gasteiger partial charge in [-0.1, -0.05) is 62.4 Å². The van der Waals surface area contributed by atoms with Gasteiger partial charge in [0.2, 0.25) is 0 Å². The van der Waals surface area contributed by atoms with Gasteiger partial charge in [0.05, 0.1) is 17.2 Å². The number of rotatable bonds is 9. The molecule has 0 spiro atoms. The summed E-state index contributed by atoms with van der Waals surface area (Å²) in [5.41, 5.74) is 2.04. The lowest BCUT2D eigenvalue weighted by molar-refractivity contribution is -0.113. The standard InChI is InChI=1S/C26H27NO4S/c1-3-20-31-25-13-9-8-10-22(25)16-19-26(28)27(23-17-14-21(4-2)15-18-23)32(29,30)24-11-6-5-7-12-24/h5-19H,3-4,20H2,1-2H3/b19-16+. The van der Waals surface area contributed by atoms with Gasteiger partial charge in [-0.3, -0.25) is 4.79 Å². The Morgan fingerprint density at radius 2 is 1.56 bits per heavy atom. The predicted octanol–water partition coefficient (Wildman–Crippen LogP) is 5.47. The first-order chi connectivity index (χ1) is 15.5. The number of hydrogen-bond donors (Lipinski definition) is 0. The molecule has 0 unspecified atom stereocenters. The second-order valence-corrected chi connectivity index (χ2v) is 8.95. The Hall–Kier alpha value is -3.38. The van der Waals surface area contributed by atoms with Crippen molar-refractivity contribution in [2.45, 2.75) is 31.6 Å². The summed E-state index contributed by atoms with van der Waals surface area (Å²) in [6.07, 6.45) is 4.52. The van der Waals surface area contributed by atoms with Crippen molar-refractivity contribution in [1.82, 2.24) is 0 Å². The van der Waals surface area contributed by atoms with E-state index in [1.807, 2.05) is 50.2 Å². The minimum Gasteiger partial charge on any atom is -0.493 e. The van der Waals surface area contributed by atoms with Crippen LogP contribution >= 0.6 is 0 Å². The SMILES string of the molecule is CCCOc1ccccc1/C=C/C(=O)N(c1ccc(CC)cc1)S(=O)(=O)c1ccccc1. The van der Waals surface area contributed by atoms with E-state index in [0.717, 1.165) is 22.7 Å². The molecule has 0 fully saturated rings. The van der Waals surface area contributed by atoms with Crippen LogP contribution in [-0.2, 0) is 21.2 Å². The van der Waals surface area contributed by atoms with Gasteiger partial charge in [0.1, 0.15) is 5.75 Å². The molecule has 0 bridgehead atoms. The van der Waals surface area contributed by atoms with E-state index in [1.54, 1.807) is 36.4 Å². The van der Waals surface area contributed by atoms with Crippen molar-refractivity contribution in [3.05, 3.63) is 96.1 Å². The van der Waals surface area contributed by atoms with Crippen LogP contribution in [0, 0.1) is 0 Å². The topological polar surface area (TPSA) is 63.7 Å². The van der Waals surface area contributed by atoms with Crippen LogP contribution in [0.4, 0.5) is 5.69 Å². The van der Waals surface area contributed by atoms with Crippen LogP contribution < -0.4 is 9.04 Å². The quantitative estimate of drug-likeness (QED) is 0.406. The molecule has 0 aliphatic carbocycles. The maximum absolute atomic E-state index is 13.4. The summed E-state index contributed by atoms with van der Waals surface area (Å²) < 4.78 is 33.4. The van der Waals surface area contributed by atoms with Crippen molar-refractivity contribution in [2.24, 2.45) is 0 Å². The number of para-hydroxylation sites is 1. The van der Waals surface area contributed by atoms with Gasteiger partial charge in [0, 0.05) is 11.6 Å².